The average Bonchev–Trinajstić information content (AvgIpc) is 2.86. The van der Waals surface area contributed by atoms with Gasteiger partial charge in [-0.1, -0.05) is 42.5 Å². The fourth-order valence-electron chi connectivity index (χ4n) is 3.09. The van der Waals surface area contributed by atoms with Gasteiger partial charge in [0.05, 0.1) is 25.5 Å². The number of ether oxygens (including phenoxy) is 2. The van der Waals surface area contributed by atoms with Crippen molar-refractivity contribution in [3.05, 3.63) is 89.5 Å². The Morgan fingerprint density at radius 1 is 0.727 bits per heavy atom. The van der Waals surface area contributed by atoms with Crippen LogP contribution in [-0.2, 0) is 22.7 Å². The van der Waals surface area contributed by atoms with Gasteiger partial charge in [0.1, 0.15) is 11.5 Å². The SMILES string of the molecule is COc1ccc(CNC(=O)C(=O)Nc2ccccc2C(=O)NCc2ccccc2OC)cc1. The van der Waals surface area contributed by atoms with E-state index >= 15 is 0 Å². The third-order valence-corrected chi connectivity index (χ3v) is 4.87. The zero-order chi connectivity index (χ0) is 23.6. The number of carbonyl (C=O) groups excluding carboxylic acids is 3. The molecule has 0 bridgehead atoms. The second-order valence-corrected chi connectivity index (χ2v) is 7.02. The van der Waals surface area contributed by atoms with E-state index in [4.69, 9.17) is 9.47 Å². The molecule has 0 radical (unpaired) electrons. The molecule has 0 aromatic heterocycles. The molecule has 170 valence electrons. The molecule has 8 nitrogen and oxygen atoms in total. The van der Waals surface area contributed by atoms with Gasteiger partial charge < -0.3 is 25.4 Å². The fraction of sp³-hybridized carbons (Fsp3) is 0.160. The summed E-state index contributed by atoms with van der Waals surface area (Å²) in [4.78, 5) is 37.4. The maximum absolute atomic E-state index is 12.7. The average molecular weight is 447 g/mol. The van der Waals surface area contributed by atoms with Crippen LogP contribution in [0.3, 0.4) is 0 Å². The van der Waals surface area contributed by atoms with Crippen LogP contribution in [0, 0.1) is 0 Å². The van der Waals surface area contributed by atoms with Gasteiger partial charge in [0.15, 0.2) is 0 Å². The molecule has 3 N–H and O–H groups in total. The molecule has 3 rings (SSSR count). The number of rotatable bonds is 8. The molecule has 0 spiro atoms. The van der Waals surface area contributed by atoms with Gasteiger partial charge in [-0.3, -0.25) is 14.4 Å². The highest BCUT2D eigenvalue weighted by Crippen LogP contribution is 2.19. The number of para-hydroxylation sites is 2. The van der Waals surface area contributed by atoms with Crippen molar-refractivity contribution < 1.29 is 23.9 Å². The molecular formula is C25H25N3O5. The van der Waals surface area contributed by atoms with Gasteiger partial charge >= 0.3 is 11.8 Å². The van der Waals surface area contributed by atoms with Crippen LogP contribution in [0.5, 0.6) is 11.5 Å². The molecule has 0 fully saturated rings. The highest BCUT2D eigenvalue weighted by atomic mass is 16.5. The van der Waals surface area contributed by atoms with Gasteiger partial charge in [0.25, 0.3) is 5.91 Å². The van der Waals surface area contributed by atoms with E-state index in [2.05, 4.69) is 16.0 Å². The molecular weight excluding hydrogens is 422 g/mol. The van der Waals surface area contributed by atoms with Crippen molar-refractivity contribution in [3.8, 4) is 11.5 Å². The van der Waals surface area contributed by atoms with Gasteiger partial charge in [-0.25, -0.2) is 0 Å². The van der Waals surface area contributed by atoms with Crippen molar-refractivity contribution in [2.75, 3.05) is 19.5 Å². The number of hydrogen-bond acceptors (Lipinski definition) is 5. The predicted octanol–water partition coefficient (Wildman–Crippen LogP) is 2.89. The lowest BCUT2D eigenvalue weighted by Gasteiger charge is -2.13. The van der Waals surface area contributed by atoms with Crippen molar-refractivity contribution >= 4 is 23.4 Å². The predicted molar refractivity (Wildman–Crippen MR) is 124 cm³/mol. The van der Waals surface area contributed by atoms with Gasteiger partial charge in [-0.2, -0.15) is 0 Å². The molecule has 8 heteroatoms. The van der Waals surface area contributed by atoms with Crippen LogP contribution < -0.4 is 25.4 Å². The lowest BCUT2D eigenvalue weighted by molar-refractivity contribution is -0.136. The van der Waals surface area contributed by atoms with Crippen LogP contribution in [0.15, 0.2) is 72.8 Å². The van der Waals surface area contributed by atoms with Crippen LogP contribution in [0.1, 0.15) is 21.5 Å². The highest BCUT2D eigenvalue weighted by molar-refractivity contribution is 6.40. The zero-order valence-corrected chi connectivity index (χ0v) is 18.4. The molecule has 3 amide bonds. The Bertz CT molecular complexity index is 1130. The topological polar surface area (TPSA) is 106 Å². The quantitative estimate of drug-likeness (QED) is 0.461. The molecule has 0 atom stereocenters. The second kappa shape index (κ2) is 11.3. The van der Waals surface area contributed by atoms with Crippen LogP contribution in [0.25, 0.3) is 0 Å². The van der Waals surface area contributed by atoms with Crippen molar-refractivity contribution in [2.45, 2.75) is 13.1 Å². The Morgan fingerprint density at radius 2 is 1.42 bits per heavy atom. The van der Waals surface area contributed by atoms with Crippen molar-refractivity contribution in [2.24, 2.45) is 0 Å². The van der Waals surface area contributed by atoms with E-state index < -0.39 is 17.7 Å². The summed E-state index contributed by atoms with van der Waals surface area (Å²) in [5.74, 6) is -0.713. The molecule has 0 aliphatic rings. The first-order chi connectivity index (χ1) is 16.0. The Balaban J connectivity index is 1.59. The minimum atomic E-state index is -0.867. The van der Waals surface area contributed by atoms with Gasteiger partial charge in [-0.05, 0) is 35.9 Å². The summed E-state index contributed by atoms with van der Waals surface area (Å²) in [5, 5.41) is 7.88. The lowest BCUT2D eigenvalue weighted by atomic mass is 10.1. The fourth-order valence-corrected chi connectivity index (χ4v) is 3.09. The number of nitrogens with one attached hydrogen (secondary N) is 3. The highest BCUT2D eigenvalue weighted by Gasteiger charge is 2.18. The lowest BCUT2D eigenvalue weighted by Crippen LogP contribution is -2.35. The second-order valence-electron chi connectivity index (χ2n) is 7.02. The zero-order valence-electron chi connectivity index (χ0n) is 18.4. The normalized spacial score (nSPS) is 10.1. The number of benzene rings is 3. The summed E-state index contributed by atoms with van der Waals surface area (Å²) in [6, 6.07) is 20.9. The van der Waals surface area contributed by atoms with E-state index in [1.807, 2.05) is 18.2 Å². The van der Waals surface area contributed by atoms with Crippen LogP contribution >= 0.6 is 0 Å². The molecule has 0 saturated heterocycles. The molecule has 33 heavy (non-hydrogen) atoms. The van der Waals surface area contributed by atoms with Crippen LogP contribution in [-0.4, -0.2) is 31.9 Å². The Hall–Kier alpha value is -4.33. The minimum absolute atomic E-state index is 0.178. The number of amides is 3. The molecule has 3 aromatic carbocycles. The standard InChI is InChI=1S/C25H25N3O5/c1-32-19-13-11-17(12-14-19)15-26-24(30)25(31)28-21-9-5-4-8-20(21)23(29)27-16-18-7-3-6-10-22(18)33-2/h3-14H,15-16H2,1-2H3,(H,26,30)(H,27,29)(H,28,31). The van der Waals surface area contributed by atoms with Gasteiger partial charge in [0.2, 0.25) is 0 Å². The van der Waals surface area contributed by atoms with E-state index in [0.717, 1.165) is 11.1 Å². The smallest absolute Gasteiger partial charge is 0.313 e. The van der Waals surface area contributed by atoms with E-state index in [0.29, 0.717) is 11.5 Å². The third-order valence-electron chi connectivity index (χ3n) is 4.87. The molecule has 0 unspecified atom stereocenters. The summed E-state index contributed by atoms with van der Waals surface area (Å²) in [6.45, 7) is 0.421. The third kappa shape index (κ3) is 6.33. The van der Waals surface area contributed by atoms with Crippen LogP contribution in [0.4, 0.5) is 5.69 Å². The molecule has 0 aliphatic carbocycles. The van der Waals surface area contributed by atoms with Crippen molar-refractivity contribution in [1.82, 2.24) is 10.6 Å². The Labute approximate surface area is 191 Å². The molecule has 0 saturated carbocycles. The first-order valence-corrected chi connectivity index (χ1v) is 10.2. The van der Waals surface area contributed by atoms with E-state index in [-0.39, 0.29) is 24.3 Å². The maximum atomic E-state index is 12.7. The first kappa shape index (κ1) is 23.3. The molecule has 0 aliphatic heterocycles. The van der Waals surface area contributed by atoms with Crippen molar-refractivity contribution in [3.63, 3.8) is 0 Å². The largest absolute Gasteiger partial charge is 0.497 e. The number of carbonyl (C=O) groups is 3. The molecule has 3 aromatic rings. The summed E-state index contributed by atoms with van der Waals surface area (Å²) in [7, 11) is 3.13. The van der Waals surface area contributed by atoms with Crippen molar-refractivity contribution in [1.29, 1.82) is 0 Å². The van der Waals surface area contributed by atoms with E-state index in [1.165, 1.54) is 0 Å². The van der Waals surface area contributed by atoms with Gasteiger partial charge in [-0.15, -0.1) is 0 Å². The summed E-state index contributed by atoms with van der Waals surface area (Å²) in [6.07, 6.45) is 0. The van der Waals surface area contributed by atoms with Gasteiger partial charge in [0, 0.05) is 18.7 Å². The monoisotopic (exact) mass is 447 g/mol. The summed E-state index contributed by atoms with van der Waals surface area (Å²) in [5.41, 5.74) is 2.10. The summed E-state index contributed by atoms with van der Waals surface area (Å²) < 4.78 is 10.4. The summed E-state index contributed by atoms with van der Waals surface area (Å²) >= 11 is 0. The Kier molecular flexibility index (Phi) is 8.02. The maximum Gasteiger partial charge on any atom is 0.313 e. The Morgan fingerprint density at radius 3 is 2.15 bits per heavy atom. The van der Waals surface area contributed by atoms with Crippen LogP contribution in [0.2, 0.25) is 0 Å². The number of hydrogen-bond donors (Lipinski definition) is 3. The van der Waals surface area contributed by atoms with E-state index in [9.17, 15) is 14.4 Å². The molecule has 0 heterocycles. The number of methoxy groups -OCH3 is 2. The first-order valence-electron chi connectivity index (χ1n) is 10.2. The van der Waals surface area contributed by atoms with E-state index in [1.54, 1.807) is 68.8 Å². The number of anilines is 1. The minimum Gasteiger partial charge on any atom is -0.497 e.